The third-order valence-corrected chi connectivity index (χ3v) is 4.24. The second kappa shape index (κ2) is 8.40. The molecule has 2 aromatic carbocycles. The van der Waals surface area contributed by atoms with Crippen LogP contribution in [0.25, 0.3) is 22.0 Å². The van der Waals surface area contributed by atoms with Gasteiger partial charge in [-0.25, -0.2) is 5.10 Å². The fourth-order valence-corrected chi connectivity index (χ4v) is 2.88. The van der Waals surface area contributed by atoms with Crippen molar-refractivity contribution in [2.45, 2.75) is 25.8 Å². The summed E-state index contributed by atoms with van der Waals surface area (Å²) in [6, 6.07) is 15.2. The van der Waals surface area contributed by atoms with E-state index in [9.17, 15) is 9.59 Å². The number of aromatic nitrogens is 2. The van der Waals surface area contributed by atoms with Crippen molar-refractivity contribution < 1.29 is 4.79 Å². The Morgan fingerprint density at radius 3 is 2.69 bits per heavy atom. The number of nitrogens with one attached hydrogen (secondary N) is 2. The normalized spacial score (nSPS) is 10.8. The summed E-state index contributed by atoms with van der Waals surface area (Å²) in [5.41, 5.74) is 7.83. The molecule has 0 fully saturated rings. The molecule has 4 N–H and O–H groups in total. The van der Waals surface area contributed by atoms with Crippen molar-refractivity contribution in [2.24, 2.45) is 5.73 Å². The Morgan fingerprint density at radius 2 is 1.88 bits per heavy atom. The smallest absolute Gasteiger partial charge is 0.272 e. The first-order chi connectivity index (χ1) is 12.7. The van der Waals surface area contributed by atoms with Crippen LogP contribution >= 0.6 is 0 Å². The monoisotopic (exact) mass is 350 g/mol. The Kier molecular flexibility index (Phi) is 5.76. The van der Waals surface area contributed by atoms with Crippen LogP contribution in [0.5, 0.6) is 0 Å². The maximum atomic E-state index is 11.9. The Morgan fingerprint density at radius 1 is 1.08 bits per heavy atom. The SMILES string of the molecule is NCCCCC(=O)NCc1cccc(-c2n[nH]c(=O)c3ccccc23)c1. The quantitative estimate of drug-likeness (QED) is 0.569. The van der Waals surface area contributed by atoms with Gasteiger partial charge in [-0.15, -0.1) is 0 Å². The Hall–Kier alpha value is -2.99. The van der Waals surface area contributed by atoms with E-state index < -0.39 is 0 Å². The topological polar surface area (TPSA) is 101 Å². The van der Waals surface area contributed by atoms with Crippen LogP contribution in [0.3, 0.4) is 0 Å². The molecule has 0 unspecified atom stereocenters. The van der Waals surface area contributed by atoms with Crippen molar-refractivity contribution in [3.05, 3.63) is 64.4 Å². The summed E-state index contributed by atoms with van der Waals surface area (Å²) in [5, 5.41) is 11.1. The molecular weight excluding hydrogens is 328 g/mol. The van der Waals surface area contributed by atoms with Gasteiger partial charge in [0.15, 0.2) is 0 Å². The number of amides is 1. The van der Waals surface area contributed by atoms with Crippen LogP contribution < -0.4 is 16.6 Å². The van der Waals surface area contributed by atoms with Crippen LogP contribution in [0.1, 0.15) is 24.8 Å². The third kappa shape index (κ3) is 4.15. The van der Waals surface area contributed by atoms with E-state index in [1.54, 1.807) is 6.07 Å². The van der Waals surface area contributed by atoms with Crippen molar-refractivity contribution >= 4 is 16.7 Å². The molecule has 6 heteroatoms. The molecule has 134 valence electrons. The van der Waals surface area contributed by atoms with E-state index in [1.165, 1.54) is 0 Å². The minimum atomic E-state index is -0.203. The van der Waals surface area contributed by atoms with Gasteiger partial charge in [0.05, 0.1) is 11.1 Å². The molecule has 3 aromatic rings. The summed E-state index contributed by atoms with van der Waals surface area (Å²) in [6.07, 6.45) is 2.15. The number of fused-ring (bicyclic) bond motifs is 1. The van der Waals surface area contributed by atoms with E-state index in [0.29, 0.717) is 24.9 Å². The molecule has 0 saturated heterocycles. The number of aromatic amines is 1. The highest BCUT2D eigenvalue weighted by Crippen LogP contribution is 2.24. The first kappa shape index (κ1) is 17.8. The molecule has 0 spiro atoms. The largest absolute Gasteiger partial charge is 0.352 e. The number of carbonyl (C=O) groups is 1. The first-order valence-corrected chi connectivity index (χ1v) is 8.72. The van der Waals surface area contributed by atoms with Crippen LogP contribution in [0, 0.1) is 0 Å². The van der Waals surface area contributed by atoms with Crippen molar-refractivity contribution in [3.63, 3.8) is 0 Å². The molecule has 3 rings (SSSR count). The lowest BCUT2D eigenvalue weighted by molar-refractivity contribution is -0.121. The molecule has 1 amide bonds. The Labute approximate surface area is 151 Å². The molecule has 1 heterocycles. The molecule has 1 aromatic heterocycles. The minimum absolute atomic E-state index is 0.0245. The predicted molar refractivity (Wildman–Crippen MR) is 103 cm³/mol. The highest BCUT2D eigenvalue weighted by atomic mass is 16.1. The van der Waals surface area contributed by atoms with Gasteiger partial charge in [-0.2, -0.15) is 5.10 Å². The van der Waals surface area contributed by atoms with Gasteiger partial charge in [0.1, 0.15) is 0 Å². The third-order valence-electron chi connectivity index (χ3n) is 4.24. The van der Waals surface area contributed by atoms with Crippen LogP contribution in [-0.2, 0) is 11.3 Å². The average molecular weight is 350 g/mol. The summed E-state index contributed by atoms with van der Waals surface area (Å²) in [4.78, 5) is 23.8. The summed E-state index contributed by atoms with van der Waals surface area (Å²) in [6.45, 7) is 1.06. The second-order valence-corrected chi connectivity index (χ2v) is 6.17. The highest BCUT2D eigenvalue weighted by molar-refractivity contribution is 5.93. The second-order valence-electron chi connectivity index (χ2n) is 6.17. The lowest BCUT2D eigenvalue weighted by atomic mass is 10.0. The molecule has 6 nitrogen and oxygen atoms in total. The highest BCUT2D eigenvalue weighted by Gasteiger charge is 2.09. The van der Waals surface area contributed by atoms with Crippen molar-refractivity contribution in [3.8, 4) is 11.3 Å². The van der Waals surface area contributed by atoms with Gasteiger partial charge >= 0.3 is 0 Å². The maximum absolute atomic E-state index is 11.9. The number of unbranched alkanes of at least 4 members (excludes halogenated alkanes) is 1. The lowest BCUT2D eigenvalue weighted by Crippen LogP contribution is -2.22. The lowest BCUT2D eigenvalue weighted by Gasteiger charge is -2.09. The summed E-state index contributed by atoms with van der Waals surface area (Å²) >= 11 is 0. The molecule has 0 bridgehead atoms. The molecule has 0 aliphatic rings. The van der Waals surface area contributed by atoms with Gasteiger partial charge in [0, 0.05) is 23.9 Å². The molecule has 26 heavy (non-hydrogen) atoms. The molecule has 0 aliphatic carbocycles. The summed E-state index contributed by atoms with van der Waals surface area (Å²) in [5.74, 6) is 0.0245. The zero-order chi connectivity index (χ0) is 18.4. The summed E-state index contributed by atoms with van der Waals surface area (Å²) in [7, 11) is 0. The molecule has 0 atom stereocenters. The van der Waals surface area contributed by atoms with Gasteiger partial charge in [0.2, 0.25) is 5.91 Å². The number of rotatable bonds is 7. The van der Waals surface area contributed by atoms with Gasteiger partial charge in [-0.05, 0) is 37.1 Å². The van der Waals surface area contributed by atoms with Gasteiger partial charge in [-0.1, -0.05) is 36.4 Å². The van der Waals surface area contributed by atoms with E-state index in [4.69, 9.17) is 5.73 Å². The molecule has 0 saturated carbocycles. The summed E-state index contributed by atoms with van der Waals surface area (Å²) < 4.78 is 0. The zero-order valence-electron chi connectivity index (χ0n) is 14.5. The van der Waals surface area contributed by atoms with Crippen molar-refractivity contribution in [1.29, 1.82) is 0 Å². The first-order valence-electron chi connectivity index (χ1n) is 8.72. The fourth-order valence-electron chi connectivity index (χ4n) is 2.88. The average Bonchev–Trinajstić information content (AvgIpc) is 2.67. The number of benzene rings is 2. The van der Waals surface area contributed by atoms with Crippen LogP contribution in [0.15, 0.2) is 53.3 Å². The number of hydrogen-bond donors (Lipinski definition) is 3. The Balaban J connectivity index is 1.79. The minimum Gasteiger partial charge on any atom is -0.352 e. The van der Waals surface area contributed by atoms with Gasteiger partial charge < -0.3 is 11.1 Å². The van der Waals surface area contributed by atoms with E-state index in [1.807, 2.05) is 42.5 Å². The van der Waals surface area contributed by atoms with E-state index >= 15 is 0 Å². The van der Waals surface area contributed by atoms with Crippen LogP contribution in [0.2, 0.25) is 0 Å². The van der Waals surface area contributed by atoms with Crippen molar-refractivity contribution in [1.82, 2.24) is 15.5 Å². The van der Waals surface area contributed by atoms with E-state index in [0.717, 1.165) is 35.0 Å². The fraction of sp³-hybridized carbons (Fsp3) is 0.250. The van der Waals surface area contributed by atoms with E-state index in [2.05, 4.69) is 15.5 Å². The molecule has 0 aliphatic heterocycles. The number of H-pyrrole nitrogens is 1. The molecular formula is C20H22N4O2. The van der Waals surface area contributed by atoms with Crippen LogP contribution in [-0.4, -0.2) is 22.6 Å². The van der Waals surface area contributed by atoms with E-state index in [-0.39, 0.29) is 11.5 Å². The standard InChI is InChI=1S/C20H22N4O2/c21-11-4-3-10-18(25)22-13-14-6-5-7-15(12-14)19-16-8-1-2-9-17(16)20(26)24-23-19/h1-2,5-9,12H,3-4,10-11,13,21H2,(H,22,25)(H,24,26). The van der Waals surface area contributed by atoms with Crippen LogP contribution in [0.4, 0.5) is 0 Å². The van der Waals surface area contributed by atoms with Gasteiger partial charge in [0.25, 0.3) is 5.56 Å². The Bertz CT molecular complexity index is 965. The van der Waals surface area contributed by atoms with Crippen molar-refractivity contribution in [2.75, 3.05) is 6.54 Å². The predicted octanol–water partition coefficient (Wildman–Crippen LogP) is 2.34. The maximum Gasteiger partial charge on any atom is 0.272 e. The zero-order valence-corrected chi connectivity index (χ0v) is 14.5. The van der Waals surface area contributed by atoms with Gasteiger partial charge in [-0.3, -0.25) is 9.59 Å². The number of carbonyl (C=O) groups excluding carboxylic acids is 1. The number of nitrogens with two attached hydrogens (primary N) is 1. The molecule has 0 radical (unpaired) electrons. The number of nitrogens with zero attached hydrogens (tertiary/aromatic N) is 1. The number of hydrogen-bond acceptors (Lipinski definition) is 4.